The molecule has 0 saturated heterocycles. The van der Waals surface area contributed by atoms with Crippen LogP contribution >= 0.6 is 11.6 Å². The lowest BCUT2D eigenvalue weighted by Gasteiger charge is -2.09. The molecule has 0 radical (unpaired) electrons. The molecule has 0 aliphatic heterocycles. The molecular weight excluding hydrogens is 280 g/mol. The van der Waals surface area contributed by atoms with Gasteiger partial charge in [-0.15, -0.1) is 0 Å². The van der Waals surface area contributed by atoms with Gasteiger partial charge in [0.1, 0.15) is 0 Å². The van der Waals surface area contributed by atoms with Crippen LogP contribution in [0.1, 0.15) is 21.6 Å². The van der Waals surface area contributed by atoms with Crippen LogP contribution in [0.25, 0.3) is 0 Å². The van der Waals surface area contributed by atoms with Crippen LogP contribution in [0.2, 0.25) is 5.02 Å². The lowest BCUT2D eigenvalue weighted by molar-refractivity contribution is 0.103. The van der Waals surface area contributed by atoms with Gasteiger partial charge in [-0.25, -0.2) is 4.98 Å². The maximum absolute atomic E-state index is 12.5. The van der Waals surface area contributed by atoms with Crippen LogP contribution in [0.3, 0.4) is 0 Å². The quantitative estimate of drug-likeness (QED) is 0.811. The number of hydrogen-bond acceptors (Lipinski definition) is 5. The minimum atomic E-state index is -0.342. The Balaban J connectivity index is 2.50. The van der Waals surface area contributed by atoms with Crippen molar-refractivity contribution >= 4 is 17.4 Å². The van der Waals surface area contributed by atoms with E-state index in [4.69, 9.17) is 21.1 Å². The molecule has 0 atom stereocenters. The summed E-state index contributed by atoms with van der Waals surface area (Å²) in [7, 11) is 2.88. The van der Waals surface area contributed by atoms with E-state index in [9.17, 15) is 4.79 Å². The zero-order valence-corrected chi connectivity index (χ0v) is 12.1. The van der Waals surface area contributed by atoms with E-state index < -0.39 is 0 Å². The van der Waals surface area contributed by atoms with Crippen molar-refractivity contribution in [3.05, 3.63) is 46.2 Å². The number of halogens is 1. The van der Waals surface area contributed by atoms with Gasteiger partial charge in [0.15, 0.2) is 5.69 Å². The molecule has 1 heterocycles. The van der Waals surface area contributed by atoms with E-state index in [0.717, 1.165) is 5.56 Å². The maximum atomic E-state index is 12.5. The minimum Gasteiger partial charge on any atom is -0.480 e. The number of ketones is 1. The Hall–Kier alpha value is -2.14. The number of ether oxygens (including phenoxy) is 2. The summed E-state index contributed by atoms with van der Waals surface area (Å²) in [6, 6.07) is 5.23. The molecule has 0 unspecified atom stereocenters. The van der Waals surface area contributed by atoms with E-state index in [0.29, 0.717) is 10.6 Å². The van der Waals surface area contributed by atoms with E-state index in [1.54, 1.807) is 12.1 Å². The lowest BCUT2D eigenvalue weighted by atomic mass is 10.1. The first-order chi connectivity index (χ1) is 9.58. The molecule has 20 heavy (non-hydrogen) atoms. The molecule has 2 rings (SSSR count). The van der Waals surface area contributed by atoms with Gasteiger partial charge in [0.2, 0.25) is 17.5 Å². The Kier molecular flexibility index (Phi) is 4.20. The molecule has 0 spiro atoms. The molecule has 0 bridgehead atoms. The monoisotopic (exact) mass is 292 g/mol. The fourth-order valence-electron chi connectivity index (χ4n) is 1.70. The van der Waals surface area contributed by atoms with Gasteiger partial charge < -0.3 is 9.47 Å². The highest BCUT2D eigenvalue weighted by atomic mass is 35.5. The number of rotatable bonds is 4. The largest absolute Gasteiger partial charge is 0.480 e. The number of carbonyl (C=O) groups is 1. The molecule has 2 aromatic rings. The summed E-state index contributed by atoms with van der Waals surface area (Å²) >= 11 is 6.16. The van der Waals surface area contributed by atoms with Crippen molar-refractivity contribution < 1.29 is 14.3 Å². The molecular formula is C14H13ClN2O3. The molecule has 5 nitrogen and oxygen atoms in total. The number of benzene rings is 1. The second kappa shape index (κ2) is 5.88. The third kappa shape index (κ3) is 2.58. The van der Waals surface area contributed by atoms with E-state index in [1.807, 2.05) is 13.0 Å². The standard InChI is InChI=1S/C14H13ClN2O3/c1-8-5-4-6-9(11(8)15)13(18)12-14(20-3)17-10(19-2)7-16-12/h4-7H,1-3H3. The van der Waals surface area contributed by atoms with Crippen LogP contribution in [-0.2, 0) is 0 Å². The van der Waals surface area contributed by atoms with Gasteiger partial charge in [-0.05, 0) is 18.6 Å². The third-order valence-electron chi connectivity index (χ3n) is 2.77. The number of carbonyl (C=O) groups excluding carboxylic acids is 1. The Bertz CT molecular complexity index is 659. The molecule has 1 aromatic heterocycles. The Morgan fingerprint density at radius 3 is 2.65 bits per heavy atom. The van der Waals surface area contributed by atoms with Crippen LogP contribution in [0.4, 0.5) is 0 Å². The van der Waals surface area contributed by atoms with Crippen molar-refractivity contribution in [3.63, 3.8) is 0 Å². The summed E-state index contributed by atoms with van der Waals surface area (Å²) in [6.45, 7) is 1.83. The fourth-order valence-corrected chi connectivity index (χ4v) is 1.92. The fraction of sp³-hybridized carbons (Fsp3) is 0.214. The van der Waals surface area contributed by atoms with Crippen molar-refractivity contribution in [2.45, 2.75) is 6.92 Å². The van der Waals surface area contributed by atoms with Gasteiger partial charge in [-0.1, -0.05) is 23.7 Å². The summed E-state index contributed by atoms with van der Waals surface area (Å²) < 4.78 is 10.0. The van der Waals surface area contributed by atoms with Crippen LogP contribution in [0.5, 0.6) is 11.8 Å². The van der Waals surface area contributed by atoms with Gasteiger partial charge in [-0.3, -0.25) is 4.79 Å². The highest BCUT2D eigenvalue weighted by molar-refractivity contribution is 6.35. The van der Waals surface area contributed by atoms with E-state index in [1.165, 1.54) is 20.4 Å². The first-order valence-electron chi connectivity index (χ1n) is 5.83. The molecule has 0 amide bonds. The molecule has 0 aliphatic carbocycles. The Morgan fingerprint density at radius 1 is 1.25 bits per heavy atom. The first-order valence-corrected chi connectivity index (χ1v) is 6.21. The number of aromatic nitrogens is 2. The molecule has 6 heteroatoms. The normalized spacial score (nSPS) is 10.2. The highest BCUT2D eigenvalue weighted by Gasteiger charge is 2.21. The summed E-state index contributed by atoms with van der Waals surface area (Å²) in [5.74, 6) is 0.0337. The summed E-state index contributed by atoms with van der Waals surface area (Å²) in [5.41, 5.74) is 1.28. The third-order valence-corrected chi connectivity index (χ3v) is 3.27. The average Bonchev–Trinajstić information content (AvgIpc) is 2.48. The summed E-state index contributed by atoms with van der Waals surface area (Å²) in [4.78, 5) is 20.6. The second-order valence-corrected chi connectivity index (χ2v) is 4.41. The number of aryl methyl sites for hydroxylation is 1. The average molecular weight is 293 g/mol. The van der Waals surface area contributed by atoms with Gasteiger partial charge in [-0.2, -0.15) is 4.98 Å². The van der Waals surface area contributed by atoms with E-state index in [2.05, 4.69) is 9.97 Å². The topological polar surface area (TPSA) is 61.3 Å². The maximum Gasteiger partial charge on any atom is 0.247 e. The second-order valence-electron chi connectivity index (χ2n) is 4.04. The molecule has 0 aliphatic rings. The van der Waals surface area contributed by atoms with Crippen molar-refractivity contribution in [2.75, 3.05) is 14.2 Å². The highest BCUT2D eigenvalue weighted by Crippen LogP contribution is 2.26. The van der Waals surface area contributed by atoms with Crippen LogP contribution in [0.15, 0.2) is 24.4 Å². The van der Waals surface area contributed by atoms with E-state index in [-0.39, 0.29) is 23.2 Å². The SMILES string of the molecule is COc1cnc(C(=O)c2cccc(C)c2Cl)c(OC)n1. The smallest absolute Gasteiger partial charge is 0.247 e. The molecule has 0 fully saturated rings. The molecule has 0 saturated carbocycles. The minimum absolute atomic E-state index is 0.0980. The number of hydrogen-bond donors (Lipinski definition) is 0. The van der Waals surface area contributed by atoms with Gasteiger partial charge in [0.05, 0.1) is 25.4 Å². The van der Waals surface area contributed by atoms with Gasteiger partial charge in [0, 0.05) is 5.56 Å². The van der Waals surface area contributed by atoms with Crippen molar-refractivity contribution in [1.82, 2.24) is 9.97 Å². The molecule has 1 aromatic carbocycles. The zero-order valence-electron chi connectivity index (χ0n) is 11.3. The summed E-state index contributed by atoms with van der Waals surface area (Å²) in [6.07, 6.45) is 1.36. The van der Waals surface area contributed by atoms with E-state index >= 15 is 0 Å². The zero-order chi connectivity index (χ0) is 14.7. The van der Waals surface area contributed by atoms with Crippen LogP contribution in [-0.4, -0.2) is 30.0 Å². The first kappa shape index (κ1) is 14.3. The van der Waals surface area contributed by atoms with Crippen LogP contribution in [0, 0.1) is 6.92 Å². The van der Waals surface area contributed by atoms with Gasteiger partial charge in [0.25, 0.3) is 0 Å². The van der Waals surface area contributed by atoms with Gasteiger partial charge >= 0.3 is 0 Å². The molecule has 104 valence electrons. The van der Waals surface area contributed by atoms with Crippen molar-refractivity contribution in [2.24, 2.45) is 0 Å². The Morgan fingerprint density at radius 2 is 2.00 bits per heavy atom. The number of methoxy groups -OCH3 is 2. The van der Waals surface area contributed by atoms with Crippen molar-refractivity contribution in [3.8, 4) is 11.8 Å². The number of nitrogens with zero attached hydrogens (tertiary/aromatic N) is 2. The Labute approximate surface area is 121 Å². The predicted molar refractivity (Wildman–Crippen MR) is 74.8 cm³/mol. The van der Waals surface area contributed by atoms with Crippen LogP contribution < -0.4 is 9.47 Å². The summed E-state index contributed by atoms with van der Waals surface area (Å²) in [5, 5.41) is 0.400. The van der Waals surface area contributed by atoms with Crippen molar-refractivity contribution in [1.29, 1.82) is 0 Å². The molecule has 0 N–H and O–H groups in total. The predicted octanol–water partition coefficient (Wildman–Crippen LogP) is 2.69. The lowest BCUT2D eigenvalue weighted by Crippen LogP contribution is -2.09.